The topological polar surface area (TPSA) is 72.0 Å². The highest BCUT2D eigenvalue weighted by Gasteiger charge is 2.23. The lowest BCUT2D eigenvalue weighted by atomic mass is 9.85. The molecule has 5 nitrogen and oxygen atoms in total. The first kappa shape index (κ1) is 18.5. The summed E-state index contributed by atoms with van der Waals surface area (Å²) in [7, 11) is -3.62. The summed E-state index contributed by atoms with van der Waals surface area (Å²) < 4.78 is 28.2. The van der Waals surface area contributed by atoms with Gasteiger partial charge >= 0.3 is 0 Å². The molecule has 0 atom stereocenters. The van der Waals surface area contributed by atoms with E-state index in [1.165, 1.54) is 0 Å². The van der Waals surface area contributed by atoms with E-state index in [-0.39, 0.29) is 12.0 Å². The number of hydrogen-bond donors (Lipinski definition) is 1. The zero-order chi connectivity index (χ0) is 18.1. The van der Waals surface area contributed by atoms with Crippen molar-refractivity contribution in [2.24, 2.45) is 0 Å². The van der Waals surface area contributed by atoms with Gasteiger partial charge in [0.2, 0.25) is 10.0 Å². The van der Waals surface area contributed by atoms with E-state index in [2.05, 4.69) is 41.5 Å². The highest BCUT2D eigenvalue weighted by Crippen LogP contribution is 2.29. The fourth-order valence-corrected chi connectivity index (χ4v) is 3.64. The van der Waals surface area contributed by atoms with Crippen molar-refractivity contribution in [3.05, 3.63) is 52.6 Å². The molecule has 0 bridgehead atoms. The Morgan fingerprint density at radius 2 is 1.71 bits per heavy atom. The average Bonchev–Trinajstić information content (AvgIpc) is 2.48. The molecule has 1 N–H and O–H groups in total. The molecule has 2 rings (SSSR count). The average molecular weight is 347 g/mol. The first-order valence-corrected chi connectivity index (χ1v) is 9.38. The van der Waals surface area contributed by atoms with E-state index in [4.69, 9.17) is 0 Å². The van der Waals surface area contributed by atoms with E-state index in [1.54, 1.807) is 18.5 Å². The van der Waals surface area contributed by atoms with Gasteiger partial charge in [-0.3, -0.25) is 9.97 Å². The van der Waals surface area contributed by atoms with Crippen LogP contribution in [0.3, 0.4) is 0 Å². The minimum Gasteiger partial charge on any atom is -0.258 e. The van der Waals surface area contributed by atoms with Crippen molar-refractivity contribution in [2.45, 2.75) is 58.4 Å². The molecule has 1 aromatic carbocycles. The molecule has 24 heavy (non-hydrogen) atoms. The quantitative estimate of drug-likeness (QED) is 0.922. The second-order valence-electron chi connectivity index (χ2n) is 7.14. The number of hydrogen-bond acceptors (Lipinski definition) is 4. The highest BCUT2D eigenvalue weighted by molar-refractivity contribution is 7.89. The predicted octanol–water partition coefficient (Wildman–Crippen LogP) is 3.18. The number of aromatic nitrogens is 2. The van der Waals surface area contributed by atoms with Crippen LogP contribution in [0.15, 0.2) is 29.4 Å². The Kier molecular flexibility index (Phi) is 5.11. The molecule has 0 amide bonds. The van der Waals surface area contributed by atoms with Gasteiger partial charge in [-0.05, 0) is 48.9 Å². The molecule has 0 aliphatic rings. The first-order chi connectivity index (χ1) is 11.0. The molecule has 0 fully saturated rings. The van der Waals surface area contributed by atoms with Gasteiger partial charge in [0.15, 0.2) is 0 Å². The number of rotatable bonds is 4. The number of sulfonamides is 1. The van der Waals surface area contributed by atoms with Crippen molar-refractivity contribution in [1.29, 1.82) is 0 Å². The molecule has 2 aromatic rings. The van der Waals surface area contributed by atoms with Gasteiger partial charge in [-0.1, -0.05) is 26.8 Å². The smallest absolute Gasteiger partial charge is 0.241 e. The Morgan fingerprint density at radius 1 is 1.04 bits per heavy atom. The normalized spacial score (nSPS) is 12.4. The van der Waals surface area contributed by atoms with Gasteiger partial charge in [-0.2, -0.15) is 0 Å². The second kappa shape index (κ2) is 6.61. The Labute approximate surface area is 144 Å². The molecule has 0 saturated heterocycles. The lowest BCUT2D eigenvalue weighted by Gasteiger charge is -2.22. The SMILES string of the molecule is Cc1cnc(CNS(=O)(=O)c2cc(C(C)(C)C)cc(C)c2C)cn1. The number of benzene rings is 1. The second-order valence-corrected chi connectivity index (χ2v) is 8.88. The van der Waals surface area contributed by atoms with Crippen molar-refractivity contribution in [3.63, 3.8) is 0 Å². The van der Waals surface area contributed by atoms with Crippen LogP contribution in [0.4, 0.5) is 0 Å². The maximum atomic E-state index is 12.8. The fourth-order valence-electron chi connectivity index (χ4n) is 2.30. The van der Waals surface area contributed by atoms with Crippen LogP contribution in [-0.4, -0.2) is 18.4 Å². The minimum atomic E-state index is -3.62. The molecule has 0 saturated carbocycles. The van der Waals surface area contributed by atoms with Crippen LogP contribution in [0.2, 0.25) is 0 Å². The van der Waals surface area contributed by atoms with E-state index in [1.807, 2.05) is 20.8 Å². The molecular weight excluding hydrogens is 322 g/mol. The third kappa shape index (κ3) is 4.19. The summed E-state index contributed by atoms with van der Waals surface area (Å²) in [4.78, 5) is 8.64. The van der Waals surface area contributed by atoms with Crippen molar-refractivity contribution >= 4 is 10.0 Å². The van der Waals surface area contributed by atoms with E-state index in [0.717, 1.165) is 22.4 Å². The Hall–Kier alpha value is -1.79. The number of aryl methyl sites for hydroxylation is 2. The van der Waals surface area contributed by atoms with Crippen LogP contribution in [0, 0.1) is 20.8 Å². The Bertz CT molecular complexity index is 836. The third-order valence-corrected chi connectivity index (χ3v) is 5.58. The van der Waals surface area contributed by atoms with Crippen LogP contribution in [0.25, 0.3) is 0 Å². The maximum absolute atomic E-state index is 12.8. The molecule has 130 valence electrons. The van der Waals surface area contributed by atoms with Crippen LogP contribution in [-0.2, 0) is 22.0 Å². The lowest BCUT2D eigenvalue weighted by Crippen LogP contribution is -2.25. The van der Waals surface area contributed by atoms with Gasteiger partial charge in [-0.25, -0.2) is 13.1 Å². The molecule has 0 aliphatic carbocycles. The highest BCUT2D eigenvalue weighted by atomic mass is 32.2. The molecule has 0 aliphatic heterocycles. The van der Waals surface area contributed by atoms with Gasteiger partial charge in [0.05, 0.1) is 29.0 Å². The van der Waals surface area contributed by atoms with Crippen LogP contribution >= 0.6 is 0 Å². The zero-order valence-corrected chi connectivity index (χ0v) is 16.0. The summed E-state index contributed by atoms with van der Waals surface area (Å²) >= 11 is 0. The summed E-state index contributed by atoms with van der Waals surface area (Å²) in [5.41, 5.74) is 4.01. The predicted molar refractivity (Wildman–Crippen MR) is 95.4 cm³/mol. The zero-order valence-electron chi connectivity index (χ0n) is 15.1. The lowest BCUT2D eigenvalue weighted by molar-refractivity contribution is 0.573. The molecular formula is C18H25N3O2S. The number of nitrogens with one attached hydrogen (secondary N) is 1. The van der Waals surface area contributed by atoms with Gasteiger partial charge in [0.1, 0.15) is 0 Å². The van der Waals surface area contributed by atoms with E-state index >= 15 is 0 Å². The summed E-state index contributed by atoms with van der Waals surface area (Å²) in [6.45, 7) is 11.9. The standard InChI is InChI=1S/C18H25N3O2S/c1-12-7-15(18(4,5)6)8-17(14(12)3)24(22,23)21-11-16-10-19-13(2)9-20-16/h7-10,21H,11H2,1-6H3. The summed E-state index contributed by atoms with van der Waals surface area (Å²) in [6.07, 6.45) is 3.21. The van der Waals surface area contributed by atoms with Crippen LogP contribution < -0.4 is 4.72 Å². The van der Waals surface area contributed by atoms with Gasteiger partial charge < -0.3 is 0 Å². The first-order valence-electron chi connectivity index (χ1n) is 7.89. The molecule has 1 aromatic heterocycles. The van der Waals surface area contributed by atoms with Crippen LogP contribution in [0.5, 0.6) is 0 Å². The van der Waals surface area contributed by atoms with Crippen molar-refractivity contribution < 1.29 is 8.42 Å². The summed E-state index contributed by atoms with van der Waals surface area (Å²) in [6, 6.07) is 3.82. The van der Waals surface area contributed by atoms with Gasteiger partial charge in [0, 0.05) is 6.20 Å². The number of nitrogens with zero attached hydrogens (tertiary/aromatic N) is 2. The van der Waals surface area contributed by atoms with Crippen molar-refractivity contribution in [3.8, 4) is 0 Å². The van der Waals surface area contributed by atoms with Crippen LogP contribution in [0.1, 0.15) is 48.8 Å². The largest absolute Gasteiger partial charge is 0.258 e. The Morgan fingerprint density at radius 3 is 2.25 bits per heavy atom. The van der Waals surface area contributed by atoms with Crippen molar-refractivity contribution in [1.82, 2.24) is 14.7 Å². The molecule has 1 heterocycles. The minimum absolute atomic E-state index is 0.119. The van der Waals surface area contributed by atoms with E-state index < -0.39 is 10.0 Å². The van der Waals surface area contributed by atoms with Gasteiger partial charge in [-0.15, -0.1) is 0 Å². The molecule has 0 radical (unpaired) electrons. The third-order valence-electron chi connectivity index (χ3n) is 4.05. The van der Waals surface area contributed by atoms with Gasteiger partial charge in [0.25, 0.3) is 0 Å². The van der Waals surface area contributed by atoms with E-state index in [9.17, 15) is 8.42 Å². The van der Waals surface area contributed by atoms with E-state index in [0.29, 0.717) is 10.6 Å². The fraction of sp³-hybridized carbons (Fsp3) is 0.444. The molecule has 0 spiro atoms. The molecule has 0 unspecified atom stereocenters. The Balaban J connectivity index is 2.34. The summed E-state index contributed by atoms with van der Waals surface area (Å²) in [5.74, 6) is 0. The summed E-state index contributed by atoms with van der Waals surface area (Å²) in [5, 5.41) is 0. The monoisotopic (exact) mass is 347 g/mol. The van der Waals surface area contributed by atoms with Crippen molar-refractivity contribution in [2.75, 3.05) is 0 Å². The molecule has 6 heteroatoms. The maximum Gasteiger partial charge on any atom is 0.241 e.